The number of hydrogen-bond acceptors (Lipinski definition) is 5. The summed E-state index contributed by atoms with van der Waals surface area (Å²) in [4.78, 5) is 20.3. The van der Waals surface area contributed by atoms with Crippen LogP contribution in [0.15, 0.2) is 34.7 Å². The summed E-state index contributed by atoms with van der Waals surface area (Å²) in [6.07, 6.45) is 2.25. The molecule has 0 fully saturated rings. The molecule has 1 aromatic heterocycles. The van der Waals surface area contributed by atoms with Gasteiger partial charge in [-0.1, -0.05) is 31.5 Å². The number of unbranched alkanes of at least 4 members (excludes halogenated alkanes) is 1. The molecule has 2 rings (SSSR count). The van der Waals surface area contributed by atoms with E-state index in [1.165, 1.54) is 5.48 Å². The summed E-state index contributed by atoms with van der Waals surface area (Å²) in [6, 6.07) is 8.98. The first kappa shape index (κ1) is 17.7. The Hall–Kier alpha value is -2.38. The van der Waals surface area contributed by atoms with Crippen LogP contribution >= 0.6 is 0 Å². The number of carbonyl (C=O) groups is 2. The van der Waals surface area contributed by atoms with Gasteiger partial charge in [0.25, 0.3) is 0 Å². The molecule has 2 aromatic rings. The van der Waals surface area contributed by atoms with Crippen LogP contribution in [0.1, 0.15) is 31.6 Å². The molecule has 0 saturated carbocycles. The van der Waals surface area contributed by atoms with Crippen molar-refractivity contribution in [3.8, 4) is 0 Å². The number of rotatable bonds is 7. The van der Waals surface area contributed by atoms with Crippen LogP contribution in [-0.4, -0.2) is 24.1 Å². The molecule has 0 aliphatic rings. The van der Waals surface area contributed by atoms with E-state index in [9.17, 15) is 4.79 Å². The van der Waals surface area contributed by atoms with Crippen molar-refractivity contribution < 1.29 is 19.2 Å². The summed E-state index contributed by atoms with van der Waals surface area (Å²) in [7, 11) is 0. The van der Waals surface area contributed by atoms with Crippen molar-refractivity contribution in [3.63, 3.8) is 0 Å². The Morgan fingerprint density at radius 2 is 2.14 bits per heavy atom. The number of amides is 2. The molecule has 5 N–H and O–H groups in total. The van der Waals surface area contributed by atoms with E-state index in [2.05, 4.69) is 12.2 Å². The van der Waals surface area contributed by atoms with Gasteiger partial charge in [0, 0.05) is 5.39 Å². The number of hydrogen-bond donors (Lipinski definition) is 4. The van der Waals surface area contributed by atoms with Crippen molar-refractivity contribution in [2.24, 2.45) is 5.73 Å². The van der Waals surface area contributed by atoms with Crippen molar-refractivity contribution >= 4 is 23.3 Å². The summed E-state index contributed by atoms with van der Waals surface area (Å²) in [5, 5.41) is 11.4. The molecular formula is C15H21N3O4. The fourth-order valence-electron chi connectivity index (χ4n) is 1.91. The Bertz CT molecular complexity index is 564. The van der Waals surface area contributed by atoms with Crippen LogP contribution in [0.5, 0.6) is 0 Å². The van der Waals surface area contributed by atoms with E-state index in [0.29, 0.717) is 5.76 Å². The standard InChI is InChI=1S/C14H18N2O2.CH3NO2/c1-2-3-8-16-13(14(15)17)12-9-10-6-4-5-7-11(10)18-12;3-1-2-4/h4-7,9,13,16H,2-3,8H2,1H3,(H2,15,17);1,4H,(H,2,3). The van der Waals surface area contributed by atoms with E-state index in [1.807, 2.05) is 30.3 Å². The van der Waals surface area contributed by atoms with E-state index in [0.717, 1.165) is 30.4 Å². The number of carbonyl (C=O) groups excluding carboxylic acids is 2. The van der Waals surface area contributed by atoms with E-state index in [1.54, 1.807) is 0 Å². The number of hydroxylamine groups is 1. The van der Waals surface area contributed by atoms with Crippen LogP contribution in [0.25, 0.3) is 11.0 Å². The highest BCUT2D eigenvalue weighted by atomic mass is 16.5. The third kappa shape index (κ3) is 5.19. The smallest absolute Gasteiger partial charge is 0.242 e. The van der Waals surface area contributed by atoms with Gasteiger partial charge in [0.1, 0.15) is 17.4 Å². The minimum absolute atomic E-state index is 0.181. The lowest BCUT2D eigenvalue weighted by atomic mass is 10.2. The minimum Gasteiger partial charge on any atom is -0.459 e. The number of fused-ring (bicyclic) bond motifs is 1. The first-order chi connectivity index (χ1) is 10.6. The fourth-order valence-corrected chi connectivity index (χ4v) is 1.91. The molecule has 120 valence electrons. The lowest BCUT2D eigenvalue weighted by Gasteiger charge is -2.12. The molecule has 1 aromatic carbocycles. The van der Waals surface area contributed by atoms with Gasteiger partial charge in [-0.2, -0.15) is 0 Å². The monoisotopic (exact) mass is 307 g/mol. The Balaban J connectivity index is 0.000000541. The van der Waals surface area contributed by atoms with E-state index < -0.39 is 11.9 Å². The Labute approximate surface area is 128 Å². The molecule has 0 bridgehead atoms. The van der Waals surface area contributed by atoms with Crippen LogP contribution < -0.4 is 16.5 Å². The molecule has 7 heteroatoms. The molecule has 0 aliphatic carbocycles. The SMILES string of the molecule is CCCCNC(C(N)=O)c1cc2ccccc2o1.O=CNO. The second-order valence-corrected chi connectivity index (χ2v) is 4.58. The average molecular weight is 307 g/mol. The zero-order valence-electron chi connectivity index (χ0n) is 12.4. The summed E-state index contributed by atoms with van der Waals surface area (Å²) in [5.74, 6) is 0.171. The topological polar surface area (TPSA) is 118 Å². The van der Waals surface area contributed by atoms with Crippen LogP contribution in [-0.2, 0) is 9.59 Å². The maximum Gasteiger partial charge on any atom is 0.242 e. The van der Waals surface area contributed by atoms with Gasteiger partial charge in [0.15, 0.2) is 0 Å². The highest BCUT2D eigenvalue weighted by molar-refractivity contribution is 5.84. The van der Waals surface area contributed by atoms with E-state index in [-0.39, 0.29) is 6.41 Å². The maximum absolute atomic E-state index is 11.5. The van der Waals surface area contributed by atoms with Crippen molar-refractivity contribution in [1.29, 1.82) is 0 Å². The van der Waals surface area contributed by atoms with E-state index in [4.69, 9.17) is 20.2 Å². The van der Waals surface area contributed by atoms with E-state index >= 15 is 0 Å². The van der Waals surface area contributed by atoms with Gasteiger partial charge in [-0.3, -0.25) is 20.1 Å². The number of furan rings is 1. The molecule has 0 radical (unpaired) electrons. The molecular weight excluding hydrogens is 286 g/mol. The molecule has 22 heavy (non-hydrogen) atoms. The number of para-hydroxylation sites is 1. The molecule has 0 aliphatic heterocycles. The van der Waals surface area contributed by atoms with Crippen LogP contribution in [0.3, 0.4) is 0 Å². The number of nitrogens with one attached hydrogen (secondary N) is 2. The maximum atomic E-state index is 11.5. The molecule has 1 heterocycles. The molecule has 2 amide bonds. The lowest BCUT2D eigenvalue weighted by molar-refractivity contribution is -0.120. The van der Waals surface area contributed by atoms with Gasteiger partial charge in [-0.05, 0) is 25.1 Å². The molecule has 0 saturated heterocycles. The first-order valence-electron chi connectivity index (χ1n) is 6.98. The van der Waals surface area contributed by atoms with Crippen molar-refractivity contribution in [1.82, 2.24) is 10.8 Å². The van der Waals surface area contributed by atoms with Crippen LogP contribution in [0, 0.1) is 0 Å². The van der Waals surface area contributed by atoms with Crippen LogP contribution in [0.2, 0.25) is 0 Å². The average Bonchev–Trinajstić information content (AvgIpc) is 2.94. The zero-order valence-corrected chi connectivity index (χ0v) is 12.4. The van der Waals surface area contributed by atoms with Gasteiger partial charge in [0.05, 0.1) is 0 Å². The number of primary amides is 1. The second-order valence-electron chi connectivity index (χ2n) is 4.58. The first-order valence-corrected chi connectivity index (χ1v) is 6.98. The third-order valence-electron chi connectivity index (χ3n) is 2.95. The zero-order chi connectivity index (χ0) is 16.4. The Morgan fingerprint density at radius 1 is 1.45 bits per heavy atom. The summed E-state index contributed by atoms with van der Waals surface area (Å²) in [5.41, 5.74) is 7.44. The number of benzene rings is 1. The Morgan fingerprint density at radius 3 is 2.68 bits per heavy atom. The fraction of sp³-hybridized carbons (Fsp3) is 0.333. The highest BCUT2D eigenvalue weighted by Crippen LogP contribution is 2.23. The lowest BCUT2D eigenvalue weighted by Crippen LogP contribution is -2.33. The van der Waals surface area contributed by atoms with Crippen molar-refractivity contribution in [2.45, 2.75) is 25.8 Å². The van der Waals surface area contributed by atoms with Gasteiger partial charge in [-0.15, -0.1) is 0 Å². The molecule has 7 nitrogen and oxygen atoms in total. The van der Waals surface area contributed by atoms with Crippen molar-refractivity contribution in [3.05, 3.63) is 36.1 Å². The van der Waals surface area contributed by atoms with Gasteiger partial charge >= 0.3 is 0 Å². The van der Waals surface area contributed by atoms with Crippen molar-refractivity contribution in [2.75, 3.05) is 6.54 Å². The highest BCUT2D eigenvalue weighted by Gasteiger charge is 2.20. The minimum atomic E-state index is -0.552. The Kier molecular flexibility index (Phi) is 7.66. The predicted molar refractivity (Wildman–Crippen MR) is 82.0 cm³/mol. The van der Waals surface area contributed by atoms with Gasteiger partial charge in [0.2, 0.25) is 12.3 Å². The summed E-state index contributed by atoms with van der Waals surface area (Å²) < 4.78 is 5.66. The quantitative estimate of drug-likeness (QED) is 0.267. The molecule has 1 unspecified atom stereocenters. The summed E-state index contributed by atoms with van der Waals surface area (Å²) in [6.45, 7) is 2.85. The molecule has 0 spiro atoms. The summed E-state index contributed by atoms with van der Waals surface area (Å²) >= 11 is 0. The normalized spacial score (nSPS) is 11.4. The van der Waals surface area contributed by atoms with Gasteiger partial charge < -0.3 is 10.2 Å². The predicted octanol–water partition coefficient (Wildman–Crippen LogP) is 1.47. The molecule has 1 atom stereocenters. The van der Waals surface area contributed by atoms with Crippen LogP contribution in [0.4, 0.5) is 0 Å². The largest absolute Gasteiger partial charge is 0.459 e. The second kappa shape index (κ2) is 9.54. The number of nitrogens with two attached hydrogens (primary N) is 1. The van der Waals surface area contributed by atoms with Gasteiger partial charge in [-0.25, -0.2) is 5.48 Å². The third-order valence-corrected chi connectivity index (χ3v) is 2.95.